The zero-order valence-electron chi connectivity index (χ0n) is 15.5. The largest absolute Gasteiger partial charge is 0.332 e. The molecule has 1 N–H and O–H groups in total. The molecule has 0 radical (unpaired) electrons. The summed E-state index contributed by atoms with van der Waals surface area (Å²) in [5, 5.41) is 14.3. The van der Waals surface area contributed by atoms with Crippen LogP contribution < -0.4 is 10.9 Å². The monoisotopic (exact) mass is 385 g/mol. The Labute approximate surface area is 162 Å². The van der Waals surface area contributed by atoms with Gasteiger partial charge in [-0.25, -0.2) is 0 Å². The number of aromatic nitrogens is 2. The van der Waals surface area contributed by atoms with E-state index in [1.165, 1.54) is 0 Å². The van der Waals surface area contributed by atoms with E-state index in [0.717, 1.165) is 60.9 Å². The van der Waals surface area contributed by atoms with Gasteiger partial charge in [0.25, 0.3) is 11.2 Å². The highest BCUT2D eigenvalue weighted by molar-refractivity contribution is 5.76. The third-order valence-corrected chi connectivity index (χ3v) is 4.85. The van der Waals surface area contributed by atoms with Crippen LogP contribution >= 0.6 is 0 Å². The van der Waals surface area contributed by atoms with Crippen LogP contribution in [0.2, 0.25) is 0 Å². The van der Waals surface area contributed by atoms with Gasteiger partial charge in [-0.3, -0.25) is 29.3 Å². The van der Waals surface area contributed by atoms with E-state index in [1.807, 2.05) is 18.2 Å². The van der Waals surface area contributed by atoms with Crippen LogP contribution in [0.4, 0.5) is 5.69 Å². The van der Waals surface area contributed by atoms with Gasteiger partial charge in [-0.05, 0) is 44.5 Å². The van der Waals surface area contributed by atoms with Gasteiger partial charge in [0.05, 0.1) is 23.4 Å². The summed E-state index contributed by atoms with van der Waals surface area (Å²) in [5.41, 5.74) is 0.0982. The lowest BCUT2D eigenvalue weighted by molar-refractivity contribution is -0.385. The number of pyridine rings is 2. The van der Waals surface area contributed by atoms with Crippen molar-refractivity contribution in [2.24, 2.45) is 0 Å². The van der Waals surface area contributed by atoms with Crippen molar-refractivity contribution in [3.05, 3.63) is 68.9 Å². The minimum atomic E-state index is -0.580. The molecule has 9 nitrogen and oxygen atoms in total. The fourth-order valence-electron chi connectivity index (χ4n) is 3.39. The van der Waals surface area contributed by atoms with E-state index in [4.69, 9.17) is 0 Å². The maximum absolute atomic E-state index is 13.1. The topological polar surface area (TPSA) is 110 Å². The molecule has 1 aliphatic rings. The first-order valence-corrected chi connectivity index (χ1v) is 9.29. The molecule has 1 amide bonds. The molecular formula is C19H23N5O4. The summed E-state index contributed by atoms with van der Waals surface area (Å²) in [6.07, 6.45) is 5.41. The van der Waals surface area contributed by atoms with Crippen molar-refractivity contribution in [2.45, 2.75) is 38.4 Å². The normalized spacial score (nSPS) is 16.9. The van der Waals surface area contributed by atoms with Crippen molar-refractivity contribution in [2.75, 3.05) is 13.1 Å². The Morgan fingerprint density at radius 1 is 1.29 bits per heavy atom. The van der Waals surface area contributed by atoms with Crippen LogP contribution in [0.5, 0.6) is 0 Å². The molecule has 1 unspecified atom stereocenters. The molecule has 0 aromatic carbocycles. The molecule has 9 heteroatoms. The average Bonchev–Trinajstić information content (AvgIpc) is 2.97. The van der Waals surface area contributed by atoms with E-state index in [1.54, 1.807) is 11.1 Å². The first kappa shape index (κ1) is 19.7. The molecular weight excluding hydrogens is 362 g/mol. The Morgan fingerprint density at radius 2 is 2.14 bits per heavy atom. The van der Waals surface area contributed by atoms with Gasteiger partial charge in [-0.15, -0.1) is 0 Å². The minimum absolute atomic E-state index is 0.0268. The zero-order chi connectivity index (χ0) is 19.9. The second kappa shape index (κ2) is 9.23. The summed E-state index contributed by atoms with van der Waals surface area (Å²) < 4.78 is 1.10. The van der Waals surface area contributed by atoms with E-state index in [9.17, 15) is 19.7 Å². The number of nitro groups is 1. The van der Waals surface area contributed by atoms with Crippen LogP contribution in [-0.4, -0.2) is 44.4 Å². The lowest BCUT2D eigenvalue weighted by atomic mass is 10.1. The molecule has 1 saturated heterocycles. The van der Waals surface area contributed by atoms with Gasteiger partial charge in [0.1, 0.15) is 6.54 Å². The van der Waals surface area contributed by atoms with Crippen molar-refractivity contribution < 1.29 is 9.72 Å². The molecule has 2 aromatic rings. The number of amides is 1. The quantitative estimate of drug-likeness (QED) is 0.593. The molecule has 148 valence electrons. The predicted molar refractivity (Wildman–Crippen MR) is 103 cm³/mol. The zero-order valence-corrected chi connectivity index (χ0v) is 15.5. The van der Waals surface area contributed by atoms with E-state index >= 15 is 0 Å². The fraction of sp³-hybridized carbons (Fsp3) is 0.421. The van der Waals surface area contributed by atoms with Crippen LogP contribution in [0, 0.1) is 10.1 Å². The number of rotatable bonds is 6. The first-order chi connectivity index (χ1) is 13.5. The van der Waals surface area contributed by atoms with Gasteiger partial charge in [-0.2, -0.15) is 0 Å². The maximum atomic E-state index is 13.1. The Balaban J connectivity index is 1.84. The van der Waals surface area contributed by atoms with Crippen molar-refractivity contribution in [3.8, 4) is 0 Å². The molecule has 3 heterocycles. The smallest absolute Gasteiger partial charge is 0.285 e. The average molecular weight is 385 g/mol. The standard InChI is InChI=1S/C19H23N5O4/c25-18-7-6-17(24(27)28)13-22(18)14-19(26)23(12-15-4-1-2-10-21-15)16-5-3-9-20-11-8-16/h1-2,4,6-7,10,13,16,20H,3,5,8-9,11-12,14H2. The summed E-state index contributed by atoms with van der Waals surface area (Å²) in [5.74, 6) is -0.250. The van der Waals surface area contributed by atoms with Crippen molar-refractivity contribution >= 4 is 11.6 Å². The third-order valence-electron chi connectivity index (χ3n) is 4.85. The van der Waals surface area contributed by atoms with Gasteiger partial charge < -0.3 is 10.2 Å². The van der Waals surface area contributed by atoms with Crippen molar-refractivity contribution in [1.82, 2.24) is 19.8 Å². The van der Waals surface area contributed by atoms with Crippen LogP contribution in [0.1, 0.15) is 25.0 Å². The lowest BCUT2D eigenvalue weighted by Crippen LogP contribution is -2.43. The number of carbonyl (C=O) groups excluding carboxylic acids is 1. The Kier molecular flexibility index (Phi) is 6.49. The number of hydrogen-bond donors (Lipinski definition) is 1. The highest BCUT2D eigenvalue weighted by atomic mass is 16.6. The highest BCUT2D eigenvalue weighted by Gasteiger charge is 2.26. The van der Waals surface area contributed by atoms with E-state index in [-0.39, 0.29) is 24.2 Å². The molecule has 1 fully saturated rings. The van der Waals surface area contributed by atoms with E-state index < -0.39 is 10.5 Å². The number of nitrogens with one attached hydrogen (secondary N) is 1. The van der Waals surface area contributed by atoms with Crippen LogP contribution in [0.3, 0.4) is 0 Å². The minimum Gasteiger partial charge on any atom is -0.332 e. The van der Waals surface area contributed by atoms with Crippen LogP contribution in [0.15, 0.2) is 47.5 Å². The molecule has 0 bridgehead atoms. The highest BCUT2D eigenvalue weighted by Crippen LogP contribution is 2.17. The van der Waals surface area contributed by atoms with E-state index in [2.05, 4.69) is 10.3 Å². The maximum Gasteiger partial charge on any atom is 0.285 e. The van der Waals surface area contributed by atoms with Crippen LogP contribution in [0.25, 0.3) is 0 Å². The van der Waals surface area contributed by atoms with Gasteiger partial charge in [0, 0.05) is 24.4 Å². The summed E-state index contributed by atoms with van der Waals surface area (Å²) in [6.45, 7) is 1.82. The summed E-state index contributed by atoms with van der Waals surface area (Å²) in [6, 6.07) is 7.82. The van der Waals surface area contributed by atoms with Gasteiger partial charge in [0.2, 0.25) is 5.91 Å². The van der Waals surface area contributed by atoms with E-state index in [0.29, 0.717) is 6.54 Å². The molecule has 28 heavy (non-hydrogen) atoms. The number of nitrogens with zero attached hydrogens (tertiary/aromatic N) is 4. The van der Waals surface area contributed by atoms with Gasteiger partial charge >= 0.3 is 0 Å². The van der Waals surface area contributed by atoms with Crippen molar-refractivity contribution in [1.29, 1.82) is 0 Å². The molecule has 0 aliphatic carbocycles. The second-order valence-corrected chi connectivity index (χ2v) is 6.79. The fourth-order valence-corrected chi connectivity index (χ4v) is 3.39. The van der Waals surface area contributed by atoms with Gasteiger partial charge in [-0.1, -0.05) is 6.07 Å². The number of carbonyl (C=O) groups is 1. The summed E-state index contributed by atoms with van der Waals surface area (Å²) >= 11 is 0. The Bertz CT molecular complexity index is 875. The SMILES string of the molecule is O=C(Cn1cc([N+](=O)[O-])ccc1=O)N(Cc1ccccn1)C1CCCNCC1. The summed E-state index contributed by atoms with van der Waals surface area (Å²) in [7, 11) is 0. The third kappa shape index (κ3) is 5.01. The van der Waals surface area contributed by atoms with Crippen molar-refractivity contribution in [3.63, 3.8) is 0 Å². The second-order valence-electron chi connectivity index (χ2n) is 6.79. The molecule has 3 rings (SSSR count). The molecule has 1 atom stereocenters. The van der Waals surface area contributed by atoms with Crippen LogP contribution in [-0.2, 0) is 17.9 Å². The lowest BCUT2D eigenvalue weighted by Gasteiger charge is -2.31. The predicted octanol–water partition coefficient (Wildman–Crippen LogP) is 1.32. The molecule has 0 saturated carbocycles. The molecule has 2 aromatic heterocycles. The van der Waals surface area contributed by atoms with Gasteiger partial charge in [0.15, 0.2) is 0 Å². The molecule has 1 aliphatic heterocycles. The Hall–Kier alpha value is -3.07. The number of hydrogen-bond acceptors (Lipinski definition) is 6. The summed E-state index contributed by atoms with van der Waals surface area (Å²) in [4.78, 5) is 41.7. The molecule has 0 spiro atoms. The Morgan fingerprint density at radius 3 is 2.89 bits per heavy atom. The first-order valence-electron chi connectivity index (χ1n) is 9.29.